The summed E-state index contributed by atoms with van der Waals surface area (Å²) in [7, 11) is 0. The molecule has 1 saturated heterocycles. The monoisotopic (exact) mass is 264 g/mol. The lowest BCUT2D eigenvalue weighted by Crippen LogP contribution is -2.44. The van der Waals surface area contributed by atoms with E-state index in [-0.39, 0.29) is 17.0 Å². The number of nitrogens with zero attached hydrogens (tertiary/aromatic N) is 2. The van der Waals surface area contributed by atoms with Crippen molar-refractivity contribution in [1.82, 2.24) is 0 Å². The molecule has 0 aliphatic carbocycles. The van der Waals surface area contributed by atoms with Crippen LogP contribution in [0.25, 0.3) is 0 Å². The molecular formula is C14H14F2N2O. The van der Waals surface area contributed by atoms with Gasteiger partial charge in [0, 0.05) is 6.54 Å². The SMILES string of the molecule is CC(=O)C1CCCCN1c1c(F)cc(C#N)cc1F. The minimum atomic E-state index is -0.787. The third kappa shape index (κ3) is 2.58. The summed E-state index contributed by atoms with van der Waals surface area (Å²) < 4.78 is 28.0. The van der Waals surface area contributed by atoms with Crippen molar-refractivity contribution in [2.24, 2.45) is 0 Å². The van der Waals surface area contributed by atoms with Gasteiger partial charge < -0.3 is 4.90 Å². The van der Waals surface area contributed by atoms with Crippen LogP contribution in [0.2, 0.25) is 0 Å². The molecule has 1 aliphatic heterocycles. The Bertz CT molecular complexity index is 528. The van der Waals surface area contributed by atoms with E-state index >= 15 is 0 Å². The second kappa shape index (κ2) is 5.35. The highest BCUT2D eigenvalue weighted by Crippen LogP contribution is 2.31. The molecule has 3 nitrogen and oxygen atoms in total. The Morgan fingerprint density at radius 1 is 1.37 bits per heavy atom. The largest absolute Gasteiger partial charge is 0.357 e. The van der Waals surface area contributed by atoms with Gasteiger partial charge in [0.25, 0.3) is 0 Å². The van der Waals surface area contributed by atoms with Crippen molar-refractivity contribution in [2.75, 3.05) is 11.4 Å². The van der Waals surface area contributed by atoms with Gasteiger partial charge in [-0.2, -0.15) is 5.26 Å². The first-order chi connectivity index (χ1) is 9.04. The zero-order valence-corrected chi connectivity index (χ0v) is 10.6. The molecule has 0 saturated carbocycles. The smallest absolute Gasteiger partial charge is 0.152 e. The first-order valence-corrected chi connectivity index (χ1v) is 6.21. The molecule has 0 amide bonds. The third-order valence-electron chi connectivity index (χ3n) is 3.41. The number of hydrogen-bond donors (Lipinski definition) is 0. The van der Waals surface area contributed by atoms with E-state index in [1.807, 2.05) is 0 Å². The predicted molar refractivity (Wildman–Crippen MR) is 66.7 cm³/mol. The van der Waals surface area contributed by atoms with Crippen molar-refractivity contribution >= 4 is 11.5 Å². The van der Waals surface area contributed by atoms with Crippen LogP contribution >= 0.6 is 0 Å². The number of carbonyl (C=O) groups is 1. The van der Waals surface area contributed by atoms with E-state index in [9.17, 15) is 13.6 Å². The van der Waals surface area contributed by atoms with E-state index in [4.69, 9.17) is 5.26 Å². The van der Waals surface area contributed by atoms with E-state index in [0.717, 1.165) is 25.0 Å². The molecule has 0 N–H and O–H groups in total. The number of ketones is 1. The minimum Gasteiger partial charge on any atom is -0.357 e. The molecule has 1 atom stereocenters. The fraction of sp³-hybridized carbons (Fsp3) is 0.429. The first-order valence-electron chi connectivity index (χ1n) is 6.21. The molecule has 2 rings (SSSR count). The summed E-state index contributed by atoms with van der Waals surface area (Å²) in [6, 6.07) is 3.23. The summed E-state index contributed by atoms with van der Waals surface area (Å²) in [5.41, 5.74) is -0.256. The molecule has 1 aromatic rings. The van der Waals surface area contributed by atoms with Crippen LogP contribution in [0, 0.1) is 23.0 Å². The molecule has 1 aromatic carbocycles. The zero-order chi connectivity index (χ0) is 14.0. The van der Waals surface area contributed by atoms with Crippen molar-refractivity contribution in [3.8, 4) is 6.07 Å². The molecule has 5 heteroatoms. The van der Waals surface area contributed by atoms with Gasteiger partial charge in [-0.15, -0.1) is 0 Å². The normalized spacial score (nSPS) is 19.1. The highest BCUT2D eigenvalue weighted by atomic mass is 19.1. The number of rotatable bonds is 2. The molecule has 0 spiro atoms. The summed E-state index contributed by atoms with van der Waals surface area (Å²) >= 11 is 0. The van der Waals surface area contributed by atoms with E-state index < -0.39 is 17.7 Å². The van der Waals surface area contributed by atoms with Crippen LogP contribution in [-0.4, -0.2) is 18.4 Å². The Hall–Kier alpha value is -1.96. The van der Waals surface area contributed by atoms with Gasteiger partial charge in [-0.1, -0.05) is 0 Å². The van der Waals surface area contributed by atoms with Crippen LogP contribution in [0.5, 0.6) is 0 Å². The fourth-order valence-electron chi connectivity index (χ4n) is 2.53. The van der Waals surface area contributed by atoms with Gasteiger partial charge in [0.2, 0.25) is 0 Å². The molecule has 1 heterocycles. The first kappa shape index (κ1) is 13.5. The van der Waals surface area contributed by atoms with Gasteiger partial charge in [-0.05, 0) is 38.3 Å². The van der Waals surface area contributed by atoms with Crippen LogP contribution in [0.4, 0.5) is 14.5 Å². The number of benzene rings is 1. The van der Waals surface area contributed by atoms with E-state index in [1.165, 1.54) is 11.8 Å². The summed E-state index contributed by atoms with van der Waals surface area (Å²) in [6.45, 7) is 1.88. The van der Waals surface area contributed by atoms with Crippen molar-refractivity contribution < 1.29 is 13.6 Å². The second-order valence-corrected chi connectivity index (χ2v) is 4.72. The van der Waals surface area contributed by atoms with Crippen LogP contribution in [0.3, 0.4) is 0 Å². The standard InChI is InChI=1S/C14H14F2N2O/c1-9(19)13-4-2-3-5-18(13)14-11(15)6-10(8-17)7-12(14)16/h6-7,13H,2-5H2,1H3. The van der Waals surface area contributed by atoms with E-state index in [2.05, 4.69) is 0 Å². The molecule has 19 heavy (non-hydrogen) atoms. The van der Waals surface area contributed by atoms with Crippen LogP contribution < -0.4 is 4.90 Å². The zero-order valence-electron chi connectivity index (χ0n) is 10.6. The number of nitriles is 1. The van der Waals surface area contributed by atoms with Gasteiger partial charge >= 0.3 is 0 Å². The van der Waals surface area contributed by atoms with Crippen molar-refractivity contribution in [2.45, 2.75) is 32.2 Å². The van der Waals surface area contributed by atoms with Gasteiger partial charge in [0.15, 0.2) is 17.4 Å². The molecule has 1 unspecified atom stereocenters. The molecule has 1 fully saturated rings. The maximum absolute atomic E-state index is 14.0. The number of halogens is 2. The number of anilines is 1. The molecular weight excluding hydrogens is 250 g/mol. The average Bonchev–Trinajstić information content (AvgIpc) is 2.38. The molecule has 0 aromatic heterocycles. The van der Waals surface area contributed by atoms with E-state index in [0.29, 0.717) is 13.0 Å². The van der Waals surface area contributed by atoms with Crippen LogP contribution in [0.1, 0.15) is 31.7 Å². The minimum absolute atomic E-state index is 0.0601. The van der Waals surface area contributed by atoms with Crippen molar-refractivity contribution in [3.63, 3.8) is 0 Å². The van der Waals surface area contributed by atoms with Gasteiger partial charge in [-0.25, -0.2) is 8.78 Å². The predicted octanol–water partition coefficient (Wildman–Crippen LogP) is 2.78. The Labute approximate surface area is 110 Å². The third-order valence-corrected chi connectivity index (χ3v) is 3.41. The Morgan fingerprint density at radius 3 is 2.53 bits per heavy atom. The second-order valence-electron chi connectivity index (χ2n) is 4.72. The molecule has 100 valence electrons. The number of Topliss-reactive ketones (excluding diaryl/α,β-unsaturated/α-hetero) is 1. The quantitative estimate of drug-likeness (QED) is 0.825. The molecule has 0 bridgehead atoms. The lowest BCUT2D eigenvalue weighted by molar-refractivity contribution is -0.118. The maximum Gasteiger partial charge on any atom is 0.152 e. The van der Waals surface area contributed by atoms with Gasteiger partial charge in [-0.3, -0.25) is 4.79 Å². The average molecular weight is 264 g/mol. The Balaban J connectivity index is 2.45. The summed E-state index contributed by atoms with van der Waals surface area (Å²) in [4.78, 5) is 13.1. The maximum atomic E-state index is 14.0. The lowest BCUT2D eigenvalue weighted by atomic mass is 9.98. The highest BCUT2D eigenvalue weighted by molar-refractivity contribution is 5.85. The summed E-state index contributed by atoms with van der Waals surface area (Å²) in [5, 5.41) is 8.68. The summed E-state index contributed by atoms with van der Waals surface area (Å²) in [6.07, 6.45) is 2.27. The number of carbonyl (C=O) groups excluding carboxylic acids is 1. The Morgan fingerprint density at radius 2 is 2.00 bits per heavy atom. The molecule has 0 radical (unpaired) electrons. The number of hydrogen-bond acceptors (Lipinski definition) is 3. The van der Waals surface area contributed by atoms with Crippen molar-refractivity contribution in [3.05, 3.63) is 29.3 Å². The van der Waals surface area contributed by atoms with E-state index in [1.54, 1.807) is 6.07 Å². The Kier molecular flexibility index (Phi) is 3.79. The fourth-order valence-corrected chi connectivity index (χ4v) is 2.53. The summed E-state index contributed by atoms with van der Waals surface area (Å²) in [5.74, 6) is -1.67. The molecule has 1 aliphatic rings. The van der Waals surface area contributed by atoms with Gasteiger partial charge in [0.05, 0.1) is 17.7 Å². The van der Waals surface area contributed by atoms with Crippen LogP contribution in [-0.2, 0) is 4.79 Å². The number of piperidine rings is 1. The topological polar surface area (TPSA) is 44.1 Å². The van der Waals surface area contributed by atoms with Gasteiger partial charge in [0.1, 0.15) is 5.69 Å². The lowest BCUT2D eigenvalue weighted by Gasteiger charge is -2.36. The highest BCUT2D eigenvalue weighted by Gasteiger charge is 2.30. The van der Waals surface area contributed by atoms with Crippen molar-refractivity contribution in [1.29, 1.82) is 5.26 Å². The van der Waals surface area contributed by atoms with Crippen LogP contribution in [0.15, 0.2) is 12.1 Å².